The van der Waals surface area contributed by atoms with Crippen molar-refractivity contribution in [3.63, 3.8) is 0 Å². The molecule has 0 heterocycles. The summed E-state index contributed by atoms with van der Waals surface area (Å²) in [5.74, 6) is 0. The van der Waals surface area contributed by atoms with Crippen LogP contribution < -0.4 is 5.32 Å². The van der Waals surface area contributed by atoms with Crippen LogP contribution in [0.2, 0.25) is 0 Å². The quantitative estimate of drug-likeness (QED) is 0.910. The molecule has 4 heteroatoms. The third-order valence-corrected chi connectivity index (χ3v) is 3.69. The van der Waals surface area contributed by atoms with Gasteiger partial charge in [0.2, 0.25) is 0 Å². The zero-order valence-electron chi connectivity index (χ0n) is 11.5. The molecule has 0 saturated heterocycles. The predicted octanol–water partition coefficient (Wildman–Crippen LogP) is 3.09. The van der Waals surface area contributed by atoms with E-state index in [0.717, 1.165) is 16.7 Å². The number of amides is 1. The third kappa shape index (κ3) is 3.06. The lowest BCUT2D eigenvalue weighted by molar-refractivity contribution is 0.129. The number of benzene rings is 2. The lowest BCUT2D eigenvalue weighted by Gasteiger charge is -2.14. The summed E-state index contributed by atoms with van der Waals surface area (Å²) in [6.45, 7) is 0.240. The van der Waals surface area contributed by atoms with Gasteiger partial charge in [-0.15, -0.1) is 0 Å². The molecular weight excluding hydrogens is 266 g/mol. The summed E-state index contributed by atoms with van der Waals surface area (Å²) in [6.07, 6.45) is -0.506. The highest BCUT2D eigenvalue weighted by Crippen LogP contribution is 2.38. The second-order valence-corrected chi connectivity index (χ2v) is 5.14. The van der Waals surface area contributed by atoms with E-state index in [1.807, 2.05) is 54.6 Å². The summed E-state index contributed by atoms with van der Waals surface area (Å²) < 4.78 is 5.21. The van der Waals surface area contributed by atoms with Crippen LogP contribution in [-0.4, -0.2) is 11.2 Å². The van der Waals surface area contributed by atoms with Crippen molar-refractivity contribution in [2.45, 2.75) is 25.2 Å². The average Bonchev–Trinajstić information content (AvgIpc) is 2.83. The smallest absolute Gasteiger partial charge is 0.407 e. The van der Waals surface area contributed by atoms with Crippen LogP contribution in [-0.2, 0) is 11.3 Å². The molecule has 2 aromatic rings. The Hall–Kier alpha value is -2.33. The molecule has 4 nitrogen and oxygen atoms in total. The zero-order chi connectivity index (χ0) is 14.7. The standard InChI is InChI=1S/C17H17NO3/c19-16-10-15(13-8-4-5-9-14(13)16)18-17(20)21-11-12-6-2-1-3-7-12/h1-9,15-16,19H,10-11H2,(H,18,20). The maximum absolute atomic E-state index is 11.9. The van der Waals surface area contributed by atoms with Crippen molar-refractivity contribution in [1.29, 1.82) is 0 Å². The molecule has 21 heavy (non-hydrogen) atoms. The number of aliphatic hydroxyl groups excluding tert-OH is 1. The van der Waals surface area contributed by atoms with Crippen molar-refractivity contribution in [1.82, 2.24) is 5.32 Å². The molecule has 2 atom stereocenters. The fourth-order valence-electron chi connectivity index (χ4n) is 2.65. The maximum Gasteiger partial charge on any atom is 0.407 e. The number of aliphatic hydroxyl groups is 1. The van der Waals surface area contributed by atoms with Gasteiger partial charge in [-0.1, -0.05) is 54.6 Å². The van der Waals surface area contributed by atoms with E-state index < -0.39 is 12.2 Å². The highest BCUT2D eigenvalue weighted by molar-refractivity contribution is 5.68. The van der Waals surface area contributed by atoms with Crippen molar-refractivity contribution in [3.05, 3.63) is 71.3 Å². The second-order valence-electron chi connectivity index (χ2n) is 5.14. The molecule has 2 N–H and O–H groups in total. The van der Waals surface area contributed by atoms with E-state index in [1.54, 1.807) is 0 Å². The van der Waals surface area contributed by atoms with Gasteiger partial charge in [-0.05, 0) is 16.7 Å². The summed E-state index contributed by atoms with van der Waals surface area (Å²) in [5, 5.41) is 12.8. The Labute approximate surface area is 123 Å². The van der Waals surface area contributed by atoms with Gasteiger partial charge in [0.05, 0.1) is 12.1 Å². The largest absolute Gasteiger partial charge is 0.445 e. The first-order chi connectivity index (χ1) is 10.2. The van der Waals surface area contributed by atoms with Crippen molar-refractivity contribution in [2.75, 3.05) is 0 Å². The fraction of sp³-hybridized carbons (Fsp3) is 0.235. The van der Waals surface area contributed by atoms with Crippen molar-refractivity contribution in [3.8, 4) is 0 Å². The molecule has 108 valence electrons. The van der Waals surface area contributed by atoms with Gasteiger partial charge < -0.3 is 15.2 Å². The minimum atomic E-state index is -0.527. The van der Waals surface area contributed by atoms with Crippen LogP contribution in [0.1, 0.15) is 35.3 Å². The van der Waals surface area contributed by atoms with Crippen LogP contribution in [0.4, 0.5) is 4.79 Å². The van der Waals surface area contributed by atoms with E-state index >= 15 is 0 Å². The number of nitrogens with one attached hydrogen (secondary N) is 1. The number of hydrogen-bond acceptors (Lipinski definition) is 3. The number of fused-ring (bicyclic) bond motifs is 1. The van der Waals surface area contributed by atoms with E-state index in [9.17, 15) is 9.90 Å². The van der Waals surface area contributed by atoms with Crippen molar-refractivity contribution in [2.24, 2.45) is 0 Å². The van der Waals surface area contributed by atoms with Crippen LogP contribution in [0.25, 0.3) is 0 Å². The summed E-state index contributed by atoms with van der Waals surface area (Å²) in [7, 11) is 0. The highest BCUT2D eigenvalue weighted by Gasteiger charge is 2.30. The molecule has 0 bridgehead atoms. The normalized spacial score (nSPS) is 19.9. The molecular formula is C17H17NO3. The van der Waals surface area contributed by atoms with Gasteiger partial charge >= 0.3 is 6.09 Å². The first kappa shape index (κ1) is 13.6. The Balaban J connectivity index is 1.59. The summed E-state index contributed by atoms with van der Waals surface area (Å²) >= 11 is 0. The van der Waals surface area contributed by atoms with Gasteiger partial charge in [0.25, 0.3) is 0 Å². The highest BCUT2D eigenvalue weighted by atomic mass is 16.5. The van der Waals surface area contributed by atoms with Crippen molar-refractivity contribution < 1.29 is 14.6 Å². The number of rotatable bonds is 3. The lowest BCUT2D eigenvalue weighted by atomic mass is 10.1. The van der Waals surface area contributed by atoms with Crippen LogP contribution in [0.15, 0.2) is 54.6 Å². The fourth-order valence-corrected chi connectivity index (χ4v) is 2.65. The molecule has 0 saturated carbocycles. The SMILES string of the molecule is O=C(NC1CC(O)c2ccccc21)OCc1ccccc1. The molecule has 0 spiro atoms. The number of carbonyl (C=O) groups is 1. The minimum absolute atomic E-state index is 0.195. The van der Waals surface area contributed by atoms with Gasteiger partial charge in [0, 0.05) is 6.42 Å². The molecule has 0 aliphatic heterocycles. The molecule has 2 aromatic carbocycles. The maximum atomic E-state index is 11.9. The molecule has 1 aliphatic rings. The van der Waals surface area contributed by atoms with Gasteiger partial charge in [0.1, 0.15) is 6.61 Å². The minimum Gasteiger partial charge on any atom is -0.445 e. The monoisotopic (exact) mass is 283 g/mol. The molecule has 3 rings (SSSR count). The van der Waals surface area contributed by atoms with E-state index in [0.29, 0.717) is 6.42 Å². The van der Waals surface area contributed by atoms with Gasteiger partial charge in [-0.25, -0.2) is 4.79 Å². The van der Waals surface area contributed by atoms with Crippen LogP contribution in [0, 0.1) is 0 Å². The third-order valence-electron chi connectivity index (χ3n) is 3.69. The molecule has 2 unspecified atom stereocenters. The first-order valence-corrected chi connectivity index (χ1v) is 6.98. The molecule has 0 fully saturated rings. The number of ether oxygens (including phenoxy) is 1. The van der Waals surface area contributed by atoms with Gasteiger partial charge in [-0.2, -0.15) is 0 Å². The average molecular weight is 283 g/mol. The van der Waals surface area contributed by atoms with Crippen LogP contribution in [0.3, 0.4) is 0 Å². The van der Waals surface area contributed by atoms with Gasteiger partial charge in [-0.3, -0.25) is 0 Å². The predicted molar refractivity (Wildman–Crippen MR) is 78.5 cm³/mol. The second kappa shape index (κ2) is 5.97. The topological polar surface area (TPSA) is 58.6 Å². The van der Waals surface area contributed by atoms with E-state index in [4.69, 9.17) is 4.74 Å². The summed E-state index contributed by atoms with van der Waals surface area (Å²) in [5.41, 5.74) is 2.78. The van der Waals surface area contributed by atoms with E-state index in [1.165, 1.54) is 0 Å². The van der Waals surface area contributed by atoms with E-state index in [2.05, 4.69) is 5.32 Å². The first-order valence-electron chi connectivity index (χ1n) is 6.98. The van der Waals surface area contributed by atoms with E-state index in [-0.39, 0.29) is 12.6 Å². The Morgan fingerprint density at radius 1 is 1.10 bits per heavy atom. The Kier molecular flexibility index (Phi) is 3.88. The summed E-state index contributed by atoms with van der Waals surface area (Å²) in [6, 6.07) is 16.9. The van der Waals surface area contributed by atoms with Gasteiger partial charge in [0.15, 0.2) is 0 Å². The number of carbonyl (C=O) groups excluding carboxylic acids is 1. The number of hydrogen-bond donors (Lipinski definition) is 2. The Morgan fingerprint density at radius 2 is 1.76 bits per heavy atom. The van der Waals surface area contributed by atoms with Crippen LogP contribution >= 0.6 is 0 Å². The van der Waals surface area contributed by atoms with Crippen molar-refractivity contribution >= 4 is 6.09 Å². The molecule has 1 amide bonds. The molecule has 0 aromatic heterocycles. The van der Waals surface area contributed by atoms with Crippen LogP contribution in [0.5, 0.6) is 0 Å². The lowest BCUT2D eigenvalue weighted by Crippen LogP contribution is -2.27. The Bertz CT molecular complexity index is 627. The summed E-state index contributed by atoms with van der Waals surface area (Å²) in [4.78, 5) is 11.9. The molecule has 0 radical (unpaired) electrons. The Morgan fingerprint density at radius 3 is 2.52 bits per heavy atom. The zero-order valence-corrected chi connectivity index (χ0v) is 11.5. The number of alkyl carbamates (subject to hydrolysis) is 1. The molecule has 1 aliphatic carbocycles.